The third-order valence-corrected chi connectivity index (χ3v) is 7.06. The molecule has 8 heteroatoms. The van der Waals surface area contributed by atoms with Crippen LogP contribution in [0.15, 0.2) is 71.6 Å². The predicted octanol–water partition coefficient (Wildman–Crippen LogP) is 5.44. The van der Waals surface area contributed by atoms with Gasteiger partial charge in [0.15, 0.2) is 0 Å². The molecule has 3 rings (SSSR count). The van der Waals surface area contributed by atoms with Crippen LogP contribution in [0.5, 0.6) is 0 Å². The molecule has 0 bridgehead atoms. The zero-order valence-corrected chi connectivity index (χ0v) is 18.7. The molecule has 0 radical (unpaired) electrons. The van der Waals surface area contributed by atoms with Crippen LogP contribution >= 0.6 is 23.2 Å². The normalized spacial score (nSPS) is 11.2. The number of hydrogen-bond acceptors (Lipinski definition) is 3. The van der Waals surface area contributed by atoms with Gasteiger partial charge in [0, 0.05) is 0 Å². The second-order valence-corrected chi connectivity index (χ2v) is 9.41. The molecule has 1 N–H and O–H groups in total. The van der Waals surface area contributed by atoms with E-state index in [9.17, 15) is 13.2 Å². The highest BCUT2D eigenvalue weighted by molar-refractivity contribution is 7.92. The highest BCUT2D eigenvalue weighted by Gasteiger charge is 2.28. The zero-order valence-electron chi connectivity index (χ0n) is 16.4. The molecule has 3 aromatic rings. The molecule has 0 aliphatic heterocycles. The van der Waals surface area contributed by atoms with Gasteiger partial charge in [-0.2, -0.15) is 0 Å². The van der Waals surface area contributed by atoms with Crippen molar-refractivity contribution in [2.75, 3.05) is 16.2 Å². The molecule has 30 heavy (non-hydrogen) atoms. The molecule has 0 saturated heterocycles. The van der Waals surface area contributed by atoms with E-state index in [0.717, 1.165) is 15.4 Å². The largest absolute Gasteiger partial charge is 0.323 e. The molecule has 0 heterocycles. The maximum Gasteiger partial charge on any atom is 0.264 e. The Labute approximate surface area is 186 Å². The number of benzene rings is 3. The maximum absolute atomic E-state index is 13.4. The fourth-order valence-electron chi connectivity index (χ4n) is 3.03. The number of carbonyl (C=O) groups excluding carboxylic acids is 1. The Hall–Kier alpha value is -2.54. The minimum absolute atomic E-state index is 0.0959. The van der Waals surface area contributed by atoms with Gasteiger partial charge in [0.05, 0.1) is 26.3 Å². The average molecular weight is 463 g/mol. The molecule has 3 aromatic carbocycles. The van der Waals surface area contributed by atoms with Gasteiger partial charge in [0.1, 0.15) is 6.54 Å². The first-order chi connectivity index (χ1) is 14.2. The van der Waals surface area contributed by atoms with E-state index in [4.69, 9.17) is 23.2 Å². The van der Waals surface area contributed by atoms with Gasteiger partial charge in [-0.3, -0.25) is 9.10 Å². The van der Waals surface area contributed by atoms with Gasteiger partial charge in [0.25, 0.3) is 10.0 Å². The molecule has 0 atom stereocenters. The molecule has 0 aliphatic carbocycles. The minimum Gasteiger partial charge on any atom is -0.323 e. The van der Waals surface area contributed by atoms with Gasteiger partial charge in [-0.05, 0) is 49.7 Å². The van der Waals surface area contributed by atoms with E-state index < -0.39 is 22.5 Å². The first kappa shape index (κ1) is 22.2. The summed E-state index contributed by atoms with van der Waals surface area (Å²) in [5, 5.41) is 3.12. The molecule has 0 fully saturated rings. The molecular formula is C22H20Cl2N2O3S. The quantitative estimate of drug-likeness (QED) is 0.529. The number of sulfonamides is 1. The highest BCUT2D eigenvalue weighted by atomic mass is 35.5. The van der Waals surface area contributed by atoms with Crippen LogP contribution in [-0.2, 0) is 14.8 Å². The summed E-state index contributed by atoms with van der Waals surface area (Å²) in [6.07, 6.45) is 0. The van der Waals surface area contributed by atoms with E-state index in [0.29, 0.717) is 11.4 Å². The van der Waals surface area contributed by atoms with Crippen molar-refractivity contribution in [2.45, 2.75) is 18.7 Å². The third-order valence-electron chi connectivity index (χ3n) is 4.47. The molecule has 0 unspecified atom stereocenters. The van der Waals surface area contributed by atoms with Crippen molar-refractivity contribution in [3.8, 4) is 0 Å². The second kappa shape index (κ2) is 9.08. The van der Waals surface area contributed by atoms with E-state index in [1.54, 1.807) is 42.5 Å². The molecule has 156 valence electrons. The summed E-state index contributed by atoms with van der Waals surface area (Å²) >= 11 is 12.1. The monoisotopic (exact) mass is 462 g/mol. The van der Waals surface area contributed by atoms with Crippen LogP contribution in [-0.4, -0.2) is 20.9 Å². The lowest BCUT2D eigenvalue weighted by Crippen LogP contribution is -2.38. The lowest BCUT2D eigenvalue weighted by atomic mass is 10.1. The number of nitrogens with one attached hydrogen (secondary N) is 1. The van der Waals surface area contributed by atoms with E-state index >= 15 is 0 Å². The van der Waals surface area contributed by atoms with Gasteiger partial charge in [-0.15, -0.1) is 0 Å². The van der Waals surface area contributed by atoms with Gasteiger partial charge in [0.2, 0.25) is 5.91 Å². The molecule has 5 nitrogen and oxygen atoms in total. The number of halogens is 2. The van der Waals surface area contributed by atoms with Crippen LogP contribution in [0.2, 0.25) is 10.0 Å². The molecular weight excluding hydrogens is 443 g/mol. The van der Waals surface area contributed by atoms with Crippen molar-refractivity contribution >= 4 is 50.5 Å². The lowest BCUT2D eigenvalue weighted by molar-refractivity contribution is -0.114. The first-order valence-electron chi connectivity index (χ1n) is 9.09. The molecule has 0 saturated carbocycles. The molecule has 0 aromatic heterocycles. The predicted molar refractivity (Wildman–Crippen MR) is 122 cm³/mol. The number of aryl methyl sites for hydroxylation is 2. The maximum atomic E-state index is 13.4. The van der Waals surface area contributed by atoms with Crippen LogP contribution in [0.1, 0.15) is 11.1 Å². The van der Waals surface area contributed by atoms with Gasteiger partial charge in [-0.1, -0.05) is 65.2 Å². The minimum atomic E-state index is -3.98. The Morgan fingerprint density at radius 1 is 0.967 bits per heavy atom. The summed E-state index contributed by atoms with van der Waals surface area (Å²) in [7, 11) is -3.98. The third kappa shape index (κ3) is 4.78. The Bertz CT molecular complexity index is 1180. The number of amides is 1. The van der Waals surface area contributed by atoms with Gasteiger partial charge >= 0.3 is 0 Å². The number of rotatable bonds is 6. The fourth-order valence-corrected chi connectivity index (χ4v) is 4.88. The second-order valence-electron chi connectivity index (χ2n) is 6.76. The lowest BCUT2D eigenvalue weighted by Gasteiger charge is -2.26. The summed E-state index contributed by atoms with van der Waals surface area (Å²) in [4.78, 5) is 12.9. The molecule has 1 amide bonds. The van der Waals surface area contributed by atoms with E-state index in [1.165, 1.54) is 12.1 Å². The van der Waals surface area contributed by atoms with Crippen LogP contribution in [0.25, 0.3) is 0 Å². The zero-order chi connectivity index (χ0) is 21.9. The van der Waals surface area contributed by atoms with Crippen LogP contribution in [0, 0.1) is 13.8 Å². The summed E-state index contributed by atoms with van der Waals surface area (Å²) in [6, 6.07) is 18.2. The number of hydrogen-bond donors (Lipinski definition) is 1. The van der Waals surface area contributed by atoms with Gasteiger partial charge in [-0.25, -0.2) is 8.42 Å². The smallest absolute Gasteiger partial charge is 0.264 e. The highest BCUT2D eigenvalue weighted by Crippen LogP contribution is 2.31. The van der Waals surface area contributed by atoms with Gasteiger partial charge < -0.3 is 5.32 Å². The Morgan fingerprint density at radius 2 is 1.67 bits per heavy atom. The Balaban J connectivity index is 1.99. The first-order valence-corrected chi connectivity index (χ1v) is 11.3. The fraction of sp³-hybridized carbons (Fsp3) is 0.136. The molecule has 0 spiro atoms. The summed E-state index contributed by atoms with van der Waals surface area (Å²) in [5.41, 5.74) is 2.47. The number of anilines is 2. The number of nitrogens with zero attached hydrogens (tertiary/aromatic N) is 1. The van der Waals surface area contributed by atoms with E-state index in [-0.39, 0.29) is 14.9 Å². The number of carbonyl (C=O) groups is 1. The summed E-state index contributed by atoms with van der Waals surface area (Å²) in [5.74, 6) is -0.543. The van der Waals surface area contributed by atoms with Crippen LogP contribution in [0.4, 0.5) is 11.4 Å². The average Bonchev–Trinajstić information content (AvgIpc) is 2.71. The Morgan fingerprint density at radius 3 is 2.33 bits per heavy atom. The van der Waals surface area contributed by atoms with Crippen molar-refractivity contribution in [3.05, 3.63) is 87.9 Å². The SMILES string of the molecule is Cc1ccc(N(CC(=O)Nc2cccc(Cl)c2Cl)S(=O)(=O)c2ccccc2)c(C)c1. The van der Waals surface area contributed by atoms with Crippen molar-refractivity contribution in [1.29, 1.82) is 0 Å². The topological polar surface area (TPSA) is 66.5 Å². The van der Waals surface area contributed by atoms with Crippen molar-refractivity contribution in [1.82, 2.24) is 0 Å². The Kier molecular flexibility index (Phi) is 6.71. The van der Waals surface area contributed by atoms with Crippen LogP contribution < -0.4 is 9.62 Å². The summed E-state index contributed by atoms with van der Waals surface area (Å²) in [6.45, 7) is 3.30. The molecule has 0 aliphatic rings. The van der Waals surface area contributed by atoms with Crippen molar-refractivity contribution < 1.29 is 13.2 Å². The standard InChI is InChI=1S/C22H20Cl2N2O3S/c1-15-11-12-20(16(2)13-15)26(30(28,29)17-7-4-3-5-8-17)14-21(27)25-19-10-6-9-18(23)22(19)24/h3-13H,14H2,1-2H3,(H,25,27). The van der Waals surface area contributed by atoms with Crippen LogP contribution in [0.3, 0.4) is 0 Å². The summed E-state index contributed by atoms with van der Waals surface area (Å²) < 4.78 is 27.9. The van der Waals surface area contributed by atoms with E-state index in [2.05, 4.69) is 5.32 Å². The van der Waals surface area contributed by atoms with E-state index in [1.807, 2.05) is 26.0 Å². The van der Waals surface area contributed by atoms with Crippen molar-refractivity contribution in [2.24, 2.45) is 0 Å². The van der Waals surface area contributed by atoms with Crippen molar-refractivity contribution in [3.63, 3.8) is 0 Å².